The Morgan fingerprint density at radius 1 is 0.733 bits per heavy atom. The fraction of sp³-hybridized carbons (Fsp3) is 0.250. The molecule has 0 aliphatic heterocycles. The maximum Gasteiger partial charge on any atom is 0.179 e. The summed E-state index contributed by atoms with van der Waals surface area (Å²) in [4.78, 5) is 0. The number of benzene rings is 1. The molecule has 0 aromatic heterocycles. The van der Waals surface area contributed by atoms with Crippen LogP contribution >= 0.6 is 46.4 Å². The quantitative estimate of drug-likeness (QED) is 0.432. The Morgan fingerprint density at radius 2 is 0.933 bits per heavy atom. The van der Waals surface area contributed by atoms with Crippen molar-refractivity contribution in [3.63, 3.8) is 0 Å². The predicted octanol–water partition coefficient (Wildman–Crippen LogP) is 3.97. The van der Waals surface area contributed by atoms with Gasteiger partial charge in [0.05, 0.1) is 10.0 Å². The lowest BCUT2D eigenvalue weighted by Crippen LogP contribution is -1.78. The molecular weight excluding hydrogens is 286 g/mol. The molecule has 0 aliphatic rings. The van der Waals surface area contributed by atoms with Gasteiger partial charge < -0.3 is 14.9 Å². The maximum atomic E-state index is 9.08. The molecule has 0 spiro atoms. The highest BCUT2D eigenvalue weighted by molar-refractivity contribution is 6.52. The molecule has 0 atom stereocenters. The van der Waals surface area contributed by atoms with Crippen molar-refractivity contribution < 1.29 is 14.9 Å². The summed E-state index contributed by atoms with van der Waals surface area (Å²) < 4.78 is 4.25. The molecule has 15 heavy (non-hydrogen) atoms. The van der Waals surface area contributed by atoms with Gasteiger partial charge in [-0.05, 0) is 0 Å². The summed E-state index contributed by atoms with van der Waals surface area (Å²) in [5, 5.41) is 17.6. The number of aromatic hydroxyl groups is 2. The lowest BCUT2D eigenvalue weighted by atomic mass is 10.3. The van der Waals surface area contributed by atoms with Crippen LogP contribution in [0.3, 0.4) is 0 Å². The van der Waals surface area contributed by atoms with Gasteiger partial charge in [0.2, 0.25) is 0 Å². The van der Waals surface area contributed by atoms with Crippen LogP contribution in [0.25, 0.3) is 0 Å². The fourth-order valence-corrected chi connectivity index (χ4v) is 1.44. The van der Waals surface area contributed by atoms with E-state index in [9.17, 15) is 0 Å². The molecule has 86 valence electrons. The van der Waals surface area contributed by atoms with E-state index >= 15 is 0 Å². The van der Waals surface area contributed by atoms with Gasteiger partial charge in [-0.1, -0.05) is 46.4 Å². The molecule has 7 heteroatoms. The summed E-state index contributed by atoms with van der Waals surface area (Å²) >= 11 is 22.0. The lowest BCUT2D eigenvalue weighted by Gasteiger charge is -2.06. The number of rotatable bonds is 0. The van der Waals surface area contributed by atoms with Gasteiger partial charge in [0.25, 0.3) is 0 Å². The van der Waals surface area contributed by atoms with Crippen LogP contribution < -0.4 is 0 Å². The summed E-state index contributed by atoms with van der Waals surface area (Å²) in [5.41, 5.74) is 0. The molecule has 0 fully saturated rings. The largest absolute Gasteiger partial charge is 0.503 e. The van der Waals surface area contributed by atoms with Crippen molar-refractivity contribution in [2.45, 2.75) is 0 Å². The molecule has 0 aliphatic carbocycles. The number of phenolic OH excluding ortho intramolecular Hbond substituents is 2. The molecule has 0 heterocycles. The van der Waals surface area contributed by atoms with Crippen LogP contribution in [0.15, 0.2) is 0 Å². The Morgan fingerprint density at radius 3 is 1.13 bits per heavy atom. The van der Waals surface area contributed by atoms with Crippen LogP contribution in [0.1, 0.15) is 0 Å². The Kier molecular flexibility index (Phi) is 6.48. The summed E-state index contributed by atoms with van der Waals surface area (Å²) in [6, 6.07) is 0. The molecule has 0 bridgehead atoms. The minimum atomic E-state index is -0.573. The third kappa shape index (κ3) is 3.47. The number of hydrogen-bond donors (Lipinski definition) is 2. The highest BCUT2D eigenvalue weighted by Gasteiger charge is 2.18. The van der Waals surface area contributed by atoms with Crippen LogP contribution in [0.2, 0.25) is 20.1 Å². The zero-order valence-electron chi connectivity index (χ0n) is 7.81. The van der Waals surface area contributed by atoms with Gasteiger partial charge in [-0.3, -0.25) is 0 Å². The van der Waals surface area contributed by atoms with Crippen LogP contribution in [0.4, 0.5) is 0 Å². The van der Waals surface area contributed by atoms with Crippen LogP contribution in [-0.2, 0) is 4.74 Å². The van der Waals surface area contributed by atoms with Gasteiger partial charge in [0.15, 0.2) is 11.5 Å². The molecule has 0 unspecified atom stereocenters. The van der Waals surface area contributed by atoms with E-state index in [1.54, 1.807) is 14.2 Å². The molecule has 3 nitrogen and oxygen atoms in total. The highest BCUT2D eigenvalue weighted by Crippen LogP contribution is 2.48. The van der Waals surface area contributed by atoms with Crippen LogP contribution in [0.5, 0.6) is 11.5 Å². The topological polar surface area (TPSA) is 49.7 Å². The summed E-state index contributed by atoms with van der Waals surface area (Å²) in [5.74, 6) is -1.15. The zero-order chi connectivity index (χ0) is 12.2. The van der Waals surface area contributed by atoms with E-state index < -0.39 is 11.5 Å². The van der Waals surface area contributed by atoms with Crippen molar-refractivity contribution in [2.24, 2.45) is 0 Å². The van der Waals surface area contributed by atoms with Crippen molar-refractivity contribution in [2.75, 3.05) is 14.2 Å². The van der Waals surface area contributed by atoms with Crippen molar-refractivity contribution in [3.8, 4) is 11.5 Å². The summed E-state index contributed by atoms with van der Waals surface area (Å²) in [7, 11) is 3.25. The minimum Gasteiger partial charge on any atom is -0.503 e. The van der Waals surface area contributed by atoms with Gasteiger partial charge in [0.1, 0.15) is 10.0 Å². The second kappa shape index (κ2) is 6.51. The maximum absolute atomic E-state index is 9.08. The number of hydrogen-bond acceptors (Lipinski definition) is 3. The van der Waals surface area contributed by atoms with Crippen molar-refractivity contribution in [1.82, 2.24) is 0 Å². The van der Waals surface area contributed by atoms with Gasteiger partial charge in [0, 0.05) is 14.2 Å². The van der Waals surface area contributed by atoms with Crippen molar-refractivity contribution >= 4 is 46.4 Å². The van der Waals surface area contributed by atoms with E-state index in [1.165, 1.54) is 0 Å². The monoisotopic (exact) mass is 292 g/mol. The minimum absolute atomic E-state index is 0.0846. The molecule has 0 amide bonds. The normalized spacial score (nSPS) is 9.47. The van der Waals surface area contributed by atoms with Crippen molar-refractivity contribution in [1.29, 1.82) is 0 Å². The van der Waals surface area contributed by atoms with Crippen molar-refractivity contribution in [3.05, 3.63) is 20.1 Å². The van der Waals surface area contributed by atoms with E-state index in [1.807, 2.05) is 0 Å². The first-order valence-corrected chi connectivity index (χ1v) is 5.03. The number of methoxy groups -OCH3 is 1. The number of halogens is 4. The van der Waals surface area contributed by atoms with Crippen LogP contribution in [0, 0.1) is 0 Å². The smallest absolute Gasteiger partial charge is 0.179 e. The molecular formula is C8H8Cl4O3. The van der Waals surface area contributed by atoms with Gasteiger partial charge in [-0.2, -0.15) is 0 Å². The predicted molar refractivity (Wildman–Crippen MR) is 62.7 cm³/mol. The molecule has 0 saturated heterocycles. The summed E-state index contributed by atoms with van der Waals surface area (Å²) in [6.07, 6.45) is 0. The Balaban J connectivity index is 0.000000583. The van der Waals surface area contributed by atoms with E-state index in [2.05, 4.69) is 4.74 Å². The molecule has 2 N–H and O–H groups in total. The first-order valence-electron chi connectivity index (χ1n) is 3.52. The summed E-state index contributed by atoms with van der Waals surface area (Å²) in [6.45, 7) is 0. The van der Waals surface area contributed by atoms with E-state index in [0.717, 1.165) is 0 Å². The SMILES string of the molecule is COC.Oc1c(O)c(Cl)c(Cl)c(Cl)c1Cl. The van der Waals surface area contributed by atoms with Gasteiger partial charge in [-0.25, -0.2) is 0 Å². The molecule has 0 radical (unpaired) electrons. The number of phenols is 2. The standard InChI is InChI=1S/C6H2Cl4O2.C2H6O/c7-1-2(8)4(10)6(12)5(11)3(1)9;1-3-2/h11-12H;1-2H3. The van der Waals surface area contributed by atoms with Crippen LogP contribution in [-0.4, -0.2) is 24.4 Å². The highest BCUT2D eigenvalue weighted by atomic mass is 35.5. The molecule has 0 saturated carbocycles. The average Bonchev–Trinajstić information content (AvgIpc) is 2.22. The Hall–Kier alpha value is -0.0600. The van der Waals surface area contributed by atoms with E-state index in [4.69, 9.17) is 56.6 Å². The molecule has 1 aromatic carbocycles. The Labute approximate surface area is 107 Å². The molecule has 1 rings (SSSR count). The van der Waals surface area contributed by atoms with Gasteiger partial charge >= 0.3 is 0 Å². The first kappa shape index (κ1) is 14.9. The fourth-order valence-electron chi connectivity index (χ4n) is 0.609. The third-order valence-corrected chi connectivity index (χ3v) is 3.00. The number of ether oxygens (including phenoxy) is 1. The van der Waals surface area contributed by atoms with Gasteiger partial charge in [-0.15, -0.1) is 0 Å². The third-order valence-electron chi connectivity index (χ3n) is 1.22. The first-order chi connectivity index (χ1) is 6.88. The second-order valence-electron chi connectivity index (χ2n) is 2.36. The van der Waals surface area contributed by atoms with E-state index in [-0.39, 0.29) is 20.1 Å². The lowest BCUT2D eigenvalue weighted by molar-refractivity contribution is 0.277. The zero-order valence-corrected chi connectivity index (χ0v) is 10.8. The van der Waals surface area contributed by atoms with E-state index in [0.29, 0.717) is 0 Å². The average molecular weight is 294 g/mol. The second-order valence-corrected chi connectivity index (χ2v) is 3.87. The molecule has 1 aromatic rings. The Bertz CT molecular complexity index is 249.